The first-order valence-corrected chi connectivity index (χ1v) is 7.67. The molecule has 1 aliphatic heterocycles. The van der Waals surface area contributed by atoms with Crippen LogP contribution in [0.1, 0.15) is 33.6 Å². The number of primary amides is 1. The molecule has 6 nitrogen and oxygen atoms in total. The number of rotatable bonds is 4. The molecule has 1 fully saturated rings. The number of para-hydroxylation sites is 1. The predicted molar refractivity (Wildman–Crippen MR) is 90.9 cm³/mol. The topological polar surface area (TPSA) is 92.5 Å². The number of benzene rings is 2. The van der Waals surface area contributed by atoms with E-state index >= 15 is 0 Å². The summed E-state index contributed by atoms with van der Waals surface area (Å²) in [7, 11) is 0. The summed E-state index contributed by atoms with van der Waals surface area (Å²) >= 11 is 0. The minimum atomic E-state index is -0.609. The van der Waals surface area contributed by atoms with Crippen molar-refractivity contribution >= 4 is 29.1 Å². The van der Waals surface area contributed by atoms with E-state index in [-0.39, 0.29) is 17.4 Å². The number of hydrogen-bond donors (Lipinski definition) is 2. The van der Waals surface area contributed by atoms with Crippen LogP contribution in [0.4, 0.5) is 11.4 Å². The standard InChI is InChI=1S/C18H17N3O3/c19-17(23)14-7-1-2-8-15(14)20-18(24)12-5-3-6-13(11-12)21-10-4-9-16(21)22/h1-3,5-8,11H,4,9-10H2,(H2,19,23)(H,20,24). The van der Waals surface area contributed by atoms with Crippen LogP contribution in [-0.2, 0) is 4.79 Å². The second kappa shape index (κ2) is 6.54. The normalized spacial score (nSPS) is 13.8. The maximum atomic E-state index is 12.5. The van der Waals surface area contributed by atoms with Gasteiger partial charge < -0.3 is 16.0 Å². The molecule has 0 unspecified atom stereocenters. The zero-order valence-electron chi connectivity index (χ0n) is 13.0. The van der Waals surface area contributed by atoms with E-state index in [2.05, 4.69) is 5.32 Å². The van der Waals surface area contributed by atoms with E-state index in [4.69, 9.17) is 5.73 Å². The highest BCUT2D eigenvalue weighted by Gasteiger charge is 2.22. The lowest BCUT2D eigenvalue weighted by molar-refractivity contribution is -0.117. The molecule has 122 valence electrons. The van der Waals surface area contributed by atoms with Gasteiger partial charge in [-0.15, -0.1) is 0 Å². The van der Waals surface area contributed by atoms with Gasteiger partial charge in [-0.2, -0.15) is 0 Å². The van der Waals surface area contributed by atoms with Crippen LogP contribution in [0.25, 0.3) is 0 Å². The van der Waals surface area contributed by atoms with E-state index in [9.17, 15) is 14.4 Å². The van der Waals surface area contributed by atoms with Crippen molar-refractivity contribution in [2.24, 2.45) is 5.73 Å². The van der Waals surface area contributed by atoms with Gasteiger partial charge >= 0.3 is 0 Å². The molecule has 6 heteroatoms. The number of nitrogens with zero attached hydrogens (tertiary/aromatic N) is 1. The van der Waals surface area contributed by atoms with E-state index in [1.54, 1.807) is 53.4 Å². The highest BCUT2D eigenvalue weighted by Crippen LogP contribution is 2.23. The Hall–Kier alpha value is -3.15. The van der Waals surface area contributed by atoms with Crippen molar-refractivity contribution in [3.05, 3.63) is 59.7 Å². The van der Waals surface area contributed by atoms with Gasteiger partial charge in [0.15, 0.2) is 0 Å². The summed E-state index contributed by atoms with van der Waals surface area (Å²) in [4.78, 5) is 37.4. The highest BCUT2D eigenvalue weighted by atomic mass is 16.2. The first-order chi connectivity index (χ1) is 11.6. The number of amides is 3. The van der Waals surface area contributed by atoms with Crippen LogP contribution in [0.3, 0.4) is 0 Å². The summed E-state index contributed by atoms with van der Waals surface area (Å²) in [6.45, 7) is 0.661. The molecule has 0 saturated carbocycles. The zero-order chi connectivity index (χ0) is 17.1. The van der Waals surface area contributed by atoms with E-state index < -0.39 is 5.91 Å². The van der Waals surface area contributed by atoms with Crippen molar-refractivity contribution in [1.82, 2.24) is 0 Å². The summed E-state index contributed by atoms with van der Waals surface area (Å²) < 4.78 is 0. The lowest BCUT2D eigenvalue weighted by Crippen LogP contribution is -2.24. The Morgan fingerprint density at radius 1 is 1.08 bits per heavy atom. The Balaban J connectivity index is 1.84. The molecule has 2 aromatic carbocycles. The average molecular weight is 323 g/mol. The first kappa shape index (κ1) is 15.7. The molecule has 2 aromatic rings. The van der Waals surface area contributed by atoms with Gasteiger partial charge in [0.2, 0.25) is 5.91 Å². The molecular formula is C18H17N3O3. The molecule has 3 rings (SSSR count). The Kier molecular flexibility index (Phi) is 4.29. The monoisotopic (exact) mass is 323 g/mol. The third-order valence-electron chi connectivity index (χ3n) is 3.93. The van der Waals surface area contributed by atoms with Crippen LogP contribution in [0, 0.1) is 0 Å². The Morgan fingerprint density at radius 2 is 1.88 bits per heavy atom. The quantitative estimate of drug-likeness (QED) is 0.903. The van der Waals surface area contributed by atoms with E-state index in [1.807, 2.05) is 0 Å². The van der Waals surface area contributed by atoms with E-state index in [0.29, 0.717) is 29.9 Å². The fourth-order valence-electron chi connectivity index (χ4n) is 2.74. The number of anilines is 2. The van der Waals surface area contributed by atoms with Crippen molar-refractivity contribution in [1.29, 1.82) is 0 Å². The molecule has 1 saturated heterocycles. The predicted octanol–water partition coefficient (Wildman–Crippen LogP) is 2.16. The summed E-state index contributed by atoms with van der Waals surface area (Å²) in [6.07, 6.45) is 1.35. The van der Waals surface area contributed by atoms with Gasteiger partial charge in [-0.25, -0.2) is 0 Å². The number of hydrogen-bond acceptors (Lipinski definition) is 3. The second-order valence-electron chi connectivity index (χ2n) is 5.56. The maximum Gasteiger partial charge on any atom is 0.255 e. The van der Waals surface area contributed by atoms with Gasteiger partial charge in [0.1, 0.15) is 0 Å². The Labute approximate surface area is 139 Å². The number of carbonyl (C=O) groups excluding carboxylic acids is 3. The van der Waals surface area contributed by atoms with Gasteiger partial charge in [-0.1, -0.05) is 18.2 Å². The van der Waals surface area contributed by atoms with Crippen molar-refractivity contribution < 1.29 is 14.4 Å². The lowest BCUT2D eigenvalue weighted by Gasteiger charge is -2.16. The lowest BCUT2D eigenvalue weighted by atomic mass is 10.1. The van der Waals surface area contributed by atoms with Crippen LogP contribution >= 0.6 is 0 Å². The molecule has 0 bridgehead atoms. The highest BCUT2D eigenvalue weighted by molar-refractivity contribution is 6.09. The van der Waals surface area contributed by atoms with E-state index in [1.165, 1.54) is 0 Å². The summed E-state index contributed by atoms with van der Waals surface area (Å²) in [5.41, 5.74) is 7.03. The molecule has 3 N–H and O–H groups in total. The fourth-order valence-corrected chi connectivity index (χ4v) is 2.74. The molecule has 24 heavy (non-hydrogen) atoms. The van der Waals surface area contributed by atoms with Crippen LogP contribution in [-0.4, -0.2) is 24.3 Å². The average Bonchev–Trinajstić information content (AvgIpc) is 3.01. The minimum absolute atomic E-state index is 0.0617. The summed E-state index contributed by atoms with van der Waals surface area (Å²) in [5.74, 6) is -0.911. The molecule has 0 radical (unpaired) electrons. The molecule has 0 atom stereocenters. The van der Waals surface area contributed by atoms with Crippen LogP contribution < -0.4 is 16.0 Å². The van der Waals surface area contributed by atoms with Crippen molar-refractivity contribution in [3.8, 4) is 0 Å². The molecular weight excluding hydrogens is 306 g/mol. The largest absolute Gasteiger partial charge is 0.366 e. The smallest absolute Gasteiger partial charge is 0.255 e. The van der Waals surface area contributed by atoms with Crippen molar-refractivity contribution in [3.63, 3.8) is 0 Å². The maximum absolute atomic E-state index is 12.5. The van der Waals surface area contributed by atoms with Crippen molar-refractivity contribution in [2.45, 2.75) is 12.8 Å². The van der Waals surface area contributed by atoms with Gasteiger partial charge in [-0.3, -0.25) is 14.4 Å². The Morgan fingerprint density at radius 3 is 2.58 bits per heavy atom. The van der Waals surface area contributed by atoms with Crippen molar-refractivity contribution in [2.75, 3.05) is 16.8 Å². The van der Waals surface area contributed by atoms with Gasteiger partial charge in [0.05, 0.1) is 11.3 Å². The van der Waals surface area contributed by atoms with Gasteiger partial charge in [0, 0.05) is 24.2 Å². The Bertz CT molecular complexity index is 817. The molecule has 3 amide bonds. The fraction of sp³-hybridized carbons (Fsp3) is 0.167. The van der Waals surface area contributed by atoms with Crippen LogP contribution in [0.15, 0.2) is 48.5 Å². The zero-order valence-corrected chi connectivity index (χ0v) is 13.0. The van der Waals surface area contributed by atoms with Gasteiger partial charge in [-0.05, 0) is 36.8 Å². The number of carbonyl (C=O) groups is 3. The van der Waals surface area contributed by atoms with E-state index in [0.717, 1.165) is 6.42 Å². The molecule has 0 aliphatic carbocycles. The number of nitrogens with one attached hydrogen (secondary N) is 1. The summed E-state index contributed by atoms with van der Waals surface area (Å²) in [5, 5.41) is 2.69. The minimum Gasteiger partial charge on any atom is -0.366 e. The SMILES string of the molecule is NC(=O)c1ccccc1NC(=O)c1cccc(N2CCCC2=O)c1. The summed E-state index contributed by atoms with van der Waals surface area (Å²) in [6, 6.07) is 13.4. The first-order valence-electron chi connectivity index (χ1n) is 7.67. The van der Waals surface area contributed by atoms with Crippen LogP contribution in [0.2, 0.25) is 0 Å². The molecule has 0 spiro atoms. The second-order valence-corrected chi connectivity index (χ2v) is 5.56. The number of nitrogens with two attached hydrogens (primary N) is 1. The van der Waals surface area contributed by atoms with Gasteiger partial charge in [0.25, 0.3) is 11.8 Å². The molecule has 1 aliphatic rings. The third kappa shape index (κ3) is 3.12. The van der Waals surface area contributed by atoms with Crippen LogP contribution in [0.5, 0.6) is 0 Å². The molecule has 0 aromatic heterocycles. The third-order valence-corrected chi connectivity index (χ3v) is 3.93. The molecule has 1 heterocycles.